The Hall–Kier alpha value is -3.25. The molecule has 1 N–H and O–H groups in total. The quantitative estimate of drug-likeness (QED) is 0.294. The number of hydrogen-bond donors (Lipinski definition) is 1. The number of carbonyl (C=O) groups is 3. The van der Waals surface area contributed by atoms with Crippen LogP contribution in [0.4, 0.5) is 0 Å². The molecule has 4 rings (SSSR count). The van der Waals surface area contributed by atoms with Crippen LogP contribution in [-0.2, 0) is 9.53 Å². The predicted octanol–water partition coefficient (Wildman–Crippen LogP) is 6.38. The number of amides is 1. The fraction of sp³-hybridized carbons (Fsp3) is 0.345. The molecule has 35 heavy (non-hydrogen) atoms. The molecule has 5 nitrogen and oxygen atoms in total. The lowest BCUT2D eigenvalue weighted by molar-refractivity contribution is -0.149. The zero-order chi connectivity index (χ0) is 24.8. The summed E-state index contributed by atoms with van der Waals surface area (Å²) in [6.07, 6.45) is 3.53. The van der Waals surface area contributed by atoms with Crippen LogP contribution in [0.15, 0.2) is 60.0 Å². The van der Waals surface area contributed by atoms with E-state index in [9.17, 15) is 14.4 Å². The Morgan fingerprint density at radius 3 is 2.03 bits per heavy atom. The molecule has 0 radical (unpaired) electrons. The number of nitrogens with one attached hydrogen (secondary N) is 1. The van der Waals surface area contributed by atoms with Crippen LogP contribution in [0.2, 0.25) is 0 Å². The molecule has 0 saturated heterocycles. The van der Waals surface area contributed by atoms with Gasteiger partial charge in [0.15, 0.2) is 5.78 Å². The number of rotatable bonds is 8. The average molecular weight is 490 g/mol. The summed E-state index contributed by atoms with van der Waals surface area (Å²) in [5.74, 6) is 0.343. The van der Waals surface area contributed by atoms with E-state index in [1.165, 1.54) is 11.3 Å². The summed E-state index contributed by atoms with van der Waals surface area (Å²) < 4.78 is 5.13. The highest BCUT2D eigenvalue weighted by atomic mass is 32.1. The molecular weight excluding hydrogens is 458 g/mol. The van der Waals surface area contributed by atoms with Crippen LogP contribution in [-0.4, -0.2) is 30.8 Å². The summed E-state index contributed by atoms with van der Waals surface area (Å²) in [7, 11) is 0. The second-order valence-electron chi connectivity index (χ2n) is 9.09. The molecule has 3 aromatic rings. The van der Waals surface area contributed by atoms with Gasteiger partial charge >= 0.3 is 5.97 Å². The monoisotopic (exact) mass is 489 g/mol. The van der Waals surface area contributed by atoms with E-state index in [0.717, 1.165) is 47.9 Å². The third-order valence-corrected chi connectivity index (χ3v) is 7.61. The first-order valence-corrected chi connectivity index (χ1v) is 13.1. The van der Waals surface area contributed by atoms with E-state index in [0.29, 0.717) is 29.5 Å². The zero-order valence-corrected chi connectivity index (χ0v) is 21.0. The zero-order valence-electron chi connectivity index (χ0n) is 20.2. The Kier molecular flexibility index (Phi) is 8.13. The Morgan fingerprint density at radius 1 is 0.886 bits per heavy atom. The summed E-state index contributed by atoms with van der Waals surface area (Å²) in [4.78, 5) is 36.8. The molecule has 0 spiro atoms. The van der Waals surface area contributed by atoms with Crippen molar-refractivity contribution >= 4 is 29.0 Å². The Morgan fingerprint density at radius 2 is 1.46 bits per heavy atom. The number of carbonyl (C=O) groups excluding carboxylic acids is 3. The SMILES string of the molecule is CCOC(=O)[C@H]1CC[C@H](CNC(=O)c2cc(-c3ccc(-c4ccc(C(C)=O)cc4)cc3)cs2)CC1. The van der Waals surface area contributed by atoms with Crippen molar-refractivity contribution < 1.29 is 19.1 Å². The molecule has 1 fully saturated rings. The van der Waals surface area contributed by atoms with Crippen LogP contribution in [0.25, 0.3) is 22.3 Å². The van der Waals surface area contributed by atoms with Crippen molar-refractivity contribution in [2.75, 3.05) is 13.2 Å². The lowest BCUT2D eigenvalue weighted by atomic mass is 9.82. The van der Waals surface area contributed by atoms with Crippen molar-refractivity contribution in [1.82, 2.24) is 5.32 Å². The molecule has 1 aliphatic carbocycles. The first kappa shape index (κ1) is 24.9. The average Bonchev–Trinajstić information content (AvgIpc) is 3.38. The van der Waals surface area contributed by atoms with Gasteiger partial charge in [0.05, 0.1) is 17.4 Å². The van der Waals surface area contributed by atoms with Crippen LogP contribution in [0.3, 0.4) is 0 Å². The smallest absolute Gasteiger partial charge is 0.308 e. The molecule has 0 unspecified atom stereocenters. The summed E-state index contributed by atoms with van der Waals surface area (Å²) in [5, 5.41) is 5.09. The molecule has 2 aromatic carbocycles. The van der Waals surface area contributed by atoms with Crippen molar-refractivity contribution in [1.29, 1.82) is 0 Å². The van der Waals surface area contributed by atoms with Crippen molar-refractivity contribution in [2.45, 2.75) is 39.5 Å². The Bertz CT molecular complexity index is 1170. The number of thiophene rings is 1. The largest absolute Gasteiger partial charge is 0.466 e. The standard InChI is InChI=1S/C29H31NO4S/c1-3-34-29(33)25-6-4-20(5-7-25)17-30-28(32)27-16-26(18-35-27)24-14-12-23(13-15-24)22-10-8-21(9-11-22)19(2)31/h8-16,18,20,25H,3-7,17H2,1-2H3,(H,30,32)/t20-,25-. The fourth-order valence-corrected chi connectivity index (χ4v) is 5.38. The third-order valence-electron chi connectivity index (χ3n) is 6.68. The van der Waals surface area contributed by atoms with Crippen LogP contribution in [0, 0.1) is 11.8 Å². The third kappa shape index (κ3) is 6.25. The molecule has 1 aromatic heterocycles. The summed E-state index contributed by atoms with van der Waals surface area (Å²) in [6, 6.07) is 17.8. The van der Waals surface area contributed by atoms with Crippen molar-refractivity contribution in [3.63, 3.8) is 0 Å². The van der Waals surface area contributed by atoms with E-state index in [2.05, 4.69) is 29.6 Å². The van der Waals surface area contributed by atoms with Crippen LogP contribution in [0.1, 0.15) is 59.6 Å². The number of Topliss-reactive ketones (excluding diaryl/α,β-unsaturated/α-hetero) is 1. The molecule has 1 heterocycles. The van der Waals surface area contributed by atoms with Gasteiger partial charge in [-0.05, 0) is 79.1 Å². The van der Waals surface area contributed by atoms with Crippen molar-refractivity contribution in [3.8, 4) is 22.3 Å². The van der Waals surface area contributed by atoms with Gasteiger partial charge in [0, 0.05) is 12.1 Å². The molecule has 182 valence electrons. The molecule has 0 bridgehead atoms. The molecule has 0 aliphatic heterocycles. The summed E-state index contributed by atoms with van der Waals surface area (Å²) in [6.45, 7) is 4.47. The van der Waals surface area contributed by atoms with Gasteiger partial charge in [0.2, 0.25) is 0 Å². The van der Waals surface area contributed by atoms with E-state index in [-0.39, 0.29) is 23.6 Å². The number of hydrogen-bond acceptors (Lipinski definition) is 5. The number of ketones is 1. The van der Waals surface area contributed by atoms with E-state index >= 15 is 0 Å². The highest BCUT2D eigenvalue weighted by Crippen LogP contribution is 2.31. The Balaban J connectivity index is 1.30. The minimum Gasteiger partial charge on any atom is -0.466 e. The first-order valence-electron chi connectivity index (χ1n) is 12.2. The maximum Gasteiger partial charge on any atom is 0.308 e. The van der Waals surface area contributed by atoms with Gasteiger partial charge in [-0.25, -0.2) is 0 Å². The van der Waals surface area contributed by atoms with E-state index in [1.807, 2.05) is 42.6 Å². The number of benzene rings is 2. The number of esters is 1. The van der Waals surface area contributed by atoms with E-state index < -0.39 is 0 Å². The highest BCUT2D eigenvalue weighted by molar-refractivity contribution is 7.12. The molecule has 6 heteroatoms. The summed E-state index contributed by atoms with van der Waals surface area (Å²) >= 11 is 1.45. The first-order chi connectivity index (χ1) is 16.9. The lowest BCUT2D eigenvalue weighted by Gasteiger charge is -2.27. The lowest BCUT2D eigenvalue weighted by Crippen LogP contribution is -2.32. The molecule has 1 saturated carbocycles. The second kappa shape index (κ2) is 11.5. The van der Waals surface area contributed by atoms with Gasteiger partial charge in [-0.1, -0.05) is 48.5 Å². The molecular formula is C29H31NO4S. The molecule has 1 amide bonds. The van der Waals surface area contributed by atoms with Gasteiger partial charge in [-0.3, -0.25) is 14.4 Å². The van der Waals surface area contributed by atoms with Crippen LogP contribution in [0.5, 0.6) is 0 Å². The van der Waals surface area contributed by atoms with Crippen LogP contribution < -0.4 is 5.32 Å². The van der Waals surface area contributed by atoms with Gasteiger partial charge in [-0.15, -0.1) is 11.3 Å². The highest BCUT2D eigenvalue weighted by Gasteiger charge is 2.27. The Labute approximate surface area is 210 Å². The van der Waals surface area contributed by atoms with Crippen LogP contribution >= 0.6 is 11.3 Å². The second-order valence-corrected chi connectivity index (χ2v) is 10.0. The minimum absolute atomic E-state index is 0.00745. The van der Waals surface area contributed by atoms with Gasteiger partial charge in [0.1, 0.15) is 0 Å². The van der Waals surface area contributed by atoms with Gasteiger partial charge in [-0.2, -0.15) is 0 Å². The molecule has 0 atom stereocenters. The van der Waals surface area contributed by atoms with E-state index in [4.69, 9.17) is 4.74 Å². The van der Waals surface area contributed by atoms with Crippen molar-refractivity contribution in [2.24, 2.45) is 11.8 Å². The van der Waals surface area contributed by atoms with Crippen molar-refractivity contribution in [3.05, 3.63) is 70.4 Å². The maximum absolute atomic E-state index is 12.7. The topological polar surface area (TPSA) is 72.5 Å². The normalized spacial score (nSPS) is 17.5. The predicted molar refractivity (Wildman–Crippen MR) is 140 cm³/mol. The maximum atomic E-state index is 12.7. The van der Waals surface area contributed by atoms with Gasteiger partial charge < -0.3 is 10.1 Å². The fourth-order valence-electron chi connectivity index (χ4n) is 4.55. The van der Waals surface area contributed by atoms with E-state index in [1.54, 1.807) is 6.92 Å². The van der Waals surface area contributed by atoms with Gasteiger partial charge in [0.25, 0.3) is 5.91 Å². The minimum atomic E-state index is -0.0833. The number of ether oxygens (including phenoxy) is 1. The summed E-state index contributed by atoms with van der Waals surface area (Å²) in [5.41, 5.74) is 4.92. The molecule has 1 aliphatic rings.